The van der Waals surface area contributed by atoms with Crippen LogP contribution in [0.2, 0.25) is 0 Å². The highest BCUT2D eigenvalue weighted by Crippen LogP contribution is 2.27. The average Bonchev–Trinajstić information content (AvgIpc) is 2.77. The van der Waals surface area contributed by atoms with E-state index < -0.39 is 0 Å². The molecule has 0 aliphatic rings. The van der Waals surface area contributed by atoms with Crippen LogP contribution >= 0.6 is 0 Å². The number of ether oxygens (including phenoxy) is 1. The Balaban J connectivity index is 2.12. The minimum atomic E-state index is -0.305. The molecule has 0 atom stereocenters. The van der Waals surface area contributed by atoms with Crippen LogP contribution in [0.1, 0.15) is 11.3 Å². The van der Waals surface area contributed by atoms with E-state index in [0.717, 1.165) is 17.8 Å². The fraction of sp³-hybridized carbons (Fsp3) is 0.357. The molecule has 0 aliphatic carbocycles. The van der Waals surface area contributed by atoms with Crippen molar-refractivity contribution >= 4 is 0 Å². The van der Waals surface area contributed by atoms with E-state index in [1.807, 2.05) is 6.92 Å². The first-order chi connectivity index (χ1) is 9.24. The first kappa shape index (κ1) is 13.7. The quantitative estimate of drug-likeness (QED) is 0.814. The molecular formula is C14H17FN2O2. The van der Waals surface area contributed by atoms with E-state index in [1.54, 1.807) is 25.3 Å². The molecule has 4 nitrogen and oxygen atoms in total. The maximum absolute atomic E-state index is 13.7. The van der Waals surface area contributed by atoms with E-state index in [-0.39, 0.29) is 5.82 Å². The molecule has 0 bridgehead atoms. The normalized spacial score (nSPS) is 10.9. The van der Waals surface area contributed by atoms with Crippen LogP contribution in [0.15, 0.2) is 28.8 Å². The first-order valence-corrected chi connectivity index (χ1v) is 6.13. The van der Waals surface area contributed by atoms with E-state index in [0.29, 0.717) is 24.5 Å². The predicted molar refractivity (Wildman–Crippen MR) is 70.2 cm³/mol. The molecule has 19 heavy (non-hydrogen) atoms. The molecule has 1 aromatic heterocycles. The van der Waals surface area contributed by atoms with Gasteiger partial charge in [-0.25, -0.2) is 4.39 Å². The van der Waals surface area contributed by atoms with Gasteiger partial charge in [-0.1, -0.05) is 17.3 Å². The van der Waals surface area contributed by atoms with Crippen molar-refractivity contribution in [2.75, 3.05) is 20.3 Å². The van der Waals surface area contributed by atoms with Crippen molar-refractivity contribution in [3.05, 3.63) is 41.3 Å². The molecule has 5 heteroatoms. The number of nitrogens with zero attached hydrogens (tertiary/aromatic N) is 1. The predicted octanol–water partition coefficient (Wildman–Crippen LogP) is 2.53. The Morgan fingerprint density at radius 2 is 2.16 bits per heavy atom. The summed E-state index contributed by atoms with van der Waals surface area (Å²) in [5, 5.41) is 7.17. The van der Waals surface area contributed by atoms with Gasteiger partial charge in [0, 0.05) is 25.8 Å². The lowest BCUT2D eigenvalue weighted by atomic mass is 10.1. The molecule has 2 aromatic rings. The third-order valence-corrected chi connectivity index (χ3v) is 2.91. The van der Waals surface area contributed by atoms with Crippen molar-refractivity contribution in [1.29, 1.82) is 0 Å². The first-order valence-electron chi connectivity index (χ1n) is 6.13. The highest BCUT2D eigenvalue weighted by atomic mass is 19.1. The minimum Gasteiger partial charge on any atom is -0.383 e. The highest BCUT2D eigenvalue weighted by molar-refractivity contribution is 5.62. The summed E-state index contributed by atoms with van der Waals surface area (Å²) in [5.74, 6) is 0.183. The fourth-order valence-electron chi connectivity index (χ4n) is 1.81. The van der Waals surface area contributed by atoms with Gasteiger partial charge in [0.25, 0.3) is 0 Å². The van der Waals surface area contributed by atoms with Crippen molar-refractivity contribution in [2.24, 2.45) is 0 Å². The van der Waals surface area contributed by atoms with Gasteiger partial charge in [0.15, 0.2) is 5.76 Å². The summed E-state index contributed by atoms with van der Waals surface area (Å²) in [4.78, 5) is 0. The van der Waals surface area contributed by atoms with E-state index in [9.17, 15) is 4.39 Å². The summed E-state index contributed by atoms with van der Waals surface area (Å²) in [7, 11) is 1.65. The molecule has 0 unspecified atom stereocenters. The molecular weight excluding hydrogens is 247 g/mol. The van der Waals surface area contributed by atoms with Crippen LogP contribution in [0.3, 0.4) is 0 Å². The summed E-state index contributed by atoms with van der Waals surface area (Å²) < 4.78 is 23.9. The van der Waals surface area contributed by atoms with Gasteiger partial charge in [0.05, 0.1) is 12.2 Å². The molecule has 1 heterocycles. The maximum Gasteiger partial charge on any atom is 0.173 e. The smallest absolute Gasteiger partial charge is 0.173 e. The number of benzene rings is 1. The van der Waals surface area contributed by atoms with Gasteiger partial charge in [-0.05, 0) is 19.1 Å². The summed E-state index contributed by atoms with van der Waals surface area (Å²) in [6, 6.07) is 6.52. The standard InChI is InChI=1S/C14H17FN2O2/c1-10-13(9-16-7-8-18-2)17-19-14(10)11-5-3-4-6-12(11)15/h3-6,16H,7-9H2,1-2H3. The van der Waals surface area contributed by atoms with Crippen LogP contribution in [0.5, 0.6) is 0 Å². The lowest BCUT2D eigenvalue weighted by Gasteiger charge is -2.02. The zero-order chi connectivity index (χ0) is 13.7. The monoisotopic (exact) mass is 264 g/mol. The van der Waals surface area contributed by atoms with Crippen molar-refractivity contribution in [3.8, 4) is 11.3 Å². The number of methoxy groups -OCH3 is 1. The van der Waals surface area contributed by atoms with Crippen LogP contribution in [0, 0.1) is 12.7 Å². The van der Waals surface area contributed by atoms with Crippen molar-refractivity contribution < 1.29 is 13.7 Å². The Hall–Kier alpha value is -1.72. The minimum absolute atomic E-state index is 0.305. The van der Waals surface area contributed by atoms with E-state index in [4.69, 9.17) is 9.26 Å². The van der Waals surface area contributed by atoms with Crippen LogP contribution in [0.25, 0.3) is 11.3 Å². The average molecular weight is 264 g/mol. The Kier molecular flexibility index (Phi) is 4.65. The van der Waals surface area contributed by atoms with Crippen LogP contribution in [-0.2, 0) is 11.3 Å². The fourth-order valence-corrected chi connectivity index (χ4v) is 1.81. The number of rotatable bonds is 6. The van der Waals surface area contributed by atoms with Gasteiger partial charge in [-0.15, -0.1) is 0 Å². The zero-order valence-corrected chi connectivity index (χ0v) is 11.1. The second kappa shape index (κ2) is 6.45. The SMILES string of the molecule is COCCNCc1noc(-c2ccccc2F)c1C. The number of halogens is 1. The molecule has 0 saturated heterocycles. The second-order valence-corrected chi connectivity index (χ2v) is 4.23. The van der Waals surface area contributed by atoms with Gasteiger partial charge in [0.2, 0.25) is 0 Å². The molecule has 0 fully saturated rings. The largest absolute Gasteiger partial charge is 0.383 e. The van der Waals surface area contributed by atoms with Crippen molar-refractivity contribution in [2.45, 2.75) is 13.5 Å². The lowest BCUT2D eigenvalue weighted by molar-refractivity contribution is 0.199. The summed E-state index contributed by atoms with van der Waals surface area (Å²) >= 11 is 0. The maximum atomic E-state index is 13.7. The Morgan fingerprint density at radius 1 is 1.37 bits per heavy atom. The van der Waals surface area contributed by atoms with Gasteiger partial charge >= 0.3 is 0 Å². The van der Waals surface area contributed by atoms with Crippen LogP contribution in [0.4, 0.5) is 4.39 Å². The van der Waals surface area contributed by atoms with Crippen LogP contribution < -0.4 is 5.32 Å². The molecule has 0 aliphatic heterocycles. The molecule has 0 amide bonds. The molecule has 0 radical (unpaired) electrons. The number of nitrogens with one attached hydrogen (secondary N) is 1. The van der Waals surface area contributed by atoms with Gasteiger partial charge in [0.1, 0.15) is 11.5 Å². The molecule has 102 valence electrons. The highest BCUT2D eigenvalue weighted by Gasteiger charge is 2.16. The molecule has 1 N–H and O–H groups in total. The van der Waals surface area contributed by atoms with Crippen molar-refractivity contribution in [1.82, 2.24) is 10.5 Å². The van der Waals surface area contributed by atoms with Gasteiger partial charge in [-0.2, -0.15) is 0 Å². The number of aromatic nitrogens is 1. The van der Waals surface area contributed by atoms with E-state index in [2.05, 4.69) is 10.5 Å². The summed E-state index contributed by atoms with van der Waals surface area (Å²) in [6.45, 7) is 3.83. The number of hydrogen-bond acceptors (Lipinski definition) is 4. The summed E-state index contributed by atoms with van der Waals surface area (Å²) in [5.41, 5.74) is 2.08. The van der Waals surface area contributed by atoms with Gasteiger partial charge < -0.3 is 14.6 Å². The lowest BCUT2D eigenvalue weighted by Crippen LogP contribution is -2.19. The van der Waals surface area contributed by atoms with Crippen LogP contribution in [-0.4, -0.2) is 25.4 Å². The molecule has 0 spiro atoms. The molecule has 2 rings (SSSR count). The van der Waals surface area contributed by atoms with Crippen molar-refractivity contribution in [3.63, 3.8) is 0 Å². The van der Waals surface area contributed by atoms with Gasteiger partial charge in [-0.3, -0.25) is 0 Å². The Bertz CT molecular complexity index is 540. The Morgan fingerprint density at radius 3 is 2.89 bits per heavy atom. The van der Waals surface area contributed by atoms with E-state index in [1.165, 1.54) is 6.07 Å². The number of hydrogen-bond donors (Lipinski definition) is 1. The summed E-state index contributed by atoms with van der Waals surface area (Å²) in [6.07, 6.45) is 0. The molecule has 1 aromatic carbocycles. The third kappa shape index (κ3) is 3.19. The Labute approximate surface area is 111 Å². The molecule has 0 saturated carbocycles. The second-order valence-electron chi connectivity index (χ2n) is 4.23. The zero-order valence-electron chi connectivity index (χ0n) is 11.1. The third-order valence-electron chi connectivity index (χ3n) is 2.91. The van der Waals surface area contributed by atoms with E-state index >= 15 is 0 Å². The topological polar surface area (TPSA) is 47.3 Å².